The summed E-state index contributed by atoms with van der Waals surface area (Å²) in [6, 6.07) is 10.3. The number of aromatic nitrogens is 2. The lowest BCUT2D eigenvalue weighted by Gasteiger charge is -2.21. The van der Waals surface area contributed by atoms with Crippen LogP contribution in [0.25, 0.3) is 5.69 Å². The number of rotatable bonds is 6. The maximum atomic E-state index is 11.9. The molecule has 1 aliphatic rings. The number of aliphatic imine (C=N–C) groups is 1. The Hall–Kier alpha value is -2.83. The number of nitrogens with one attached hydrogen (secondary N) is 1. The van der Waals surface area contributed by atoms with E-state index in [1.807, 2.05) is 16.9 Å². The quantitative estimate of drug-likeness (QED) is 0.470. The molecule has 2 heterocycles. The molecule has 0 bridgehead atoms. The van der Waals surface area contributed by atoms with Gasteiger partial charge >= 0.3 is 5.97 Å². The molecular weight excluding hydrogens is 354 g/mol. The molecule has 0 amide bonds. The first-order valence-corrected chi connectivity index (χ1v) is 9.82. The third-order valence-corrected chi connectivity index (χ3v) is 5.12. The van der Waals surface area contributed by atoms with E-state index in [4.69, 9.17) is 9.73 Å². The molecule has 28 heavy (non-hydrogen) atoms. The van der Waals surface area contributed by atoms with Gasteiger partial charge in [-0.3, -0.25) is 9.79 Å². The van der Waals surface area contributed by atoms with Crippen LogP contribution in [0.2, 0.25) is 0 Å². The second-order valence-electron chi connectivity index (χ2n) is 7.11. The van der Waals surface area contributed by atoms with Crippen LogP contribution in [0, 0.1) is 11.8 Å². The van der Waals surface area contributed by atoms with Crippen molar-refractivity contribution < 1.29 is 9.53 Å². The van der Waals surface area contributed by atoms with Gasteiger partial charge in [0.15, 0.2) is 5.96 Å². The zero-order valence-corrected chi connectivity index (χ0v) is 16.8. The Morgan fingerprint density at radius 1 is 1.32 bits per heavy atom. The van der Waals surface area contributed by atoms with Crippen LogP contribution in [0.5, 0.6) is 0 Å². The minimum atomic E-state index is -0.136. The lowest BCUT2D eigenvalue weighted by molar-refractivity contribution is -0.145. The fourth-order valence-electron chi connectivity index (χ4n) is 3.55. The number of methoxy groups -OCH3 is 1. The zero-order chi connectivity index (χ0) is 19.9. The molecule has 7 nitrogen and oxygen atoms in total. The van der Waals surface area contributed by atoms with E-state index in [-0.39, 0.29) is 17.8 Å². The van der Waals surface area contributed by atoms with E-state index in [1.54, 1.807) is 6.20 Å². The van der Waals surface area contributed by atoms with Crippen molar-refractivity contribution in [3.63, 3.8) is 0 Å². The first-order chi connectivity index (χ1) is 13.6. The van der Waals surface area contributed by atoms with Gasteiger partial charge in [-0.25, -0.2) is 4.68 Å². The second kappa shape index (κ2) is 9.39. The molecule has 2 unspecified atom stereocenters. The van der Waals surface area contributed by atoms with Gasteiger partial charge in [0, 0.05) is 38.6 Å². The summed E-state index contributed by atoms with van der Waals surface area (Å²) in [7, 11) is 1.45. The van der Waals surface area contributed by atoms with Gasteiger partial charge in [-0.2, -0.15) is 5.10 Å². The summed E-state index contributed by atoms with van der Waals surface area (Å²) in [6.07, 6.45) is 4.56. The van der Waals surface area contributed by atoms with E-state index in [0.29, 0.717) is 13.1 Å². The highest BCUT2D eigenvalue weighted by Crippen LogP contribution is 2.24. The number of ether oxygens (including phenoxy) is 1. The van der Waals surface area contributed by atoms with Crippen LogP contribution < -0.4 is 5.32 Å². The van der Waals surface area contributed by atoms with Gasteiger partial charge in [0.05, 0.1) is 18.7 Å². The Morgan fingerprint density at radius 3 is 2.75 bits per heavy atom. The minimum absolute atomic E-state index is 0.0938. The average Bonchev–Trinajstić information content (AvgIpc) is 3.37. The molecule has 2 atom stereocenters. The Balaban J connectivity index is 1.59. The molecule has 1 aromatic heterocycles. The summed E-state index contributed by atoms with van der Waals surface area (Å²) in [5.74, 6) is 0.895. The maximum absolute atomic E-state index is 11.9. The number of guanidine groups is 1. The van der Waals surface area contributed by atoms with Crippen molar-refractivity contribution in [2.45, 2.75) is 20.3 Å². The Labute approximate surface area is 166 Å². The van der Waals surface area contributed by atoms with Crippen LogP contribution in [-0.2, 0) is 16.0 Å². The first-order valence-electron chi connectivity index (χ1n) is 9.82. The highest BCUT2D eigenvalue weighted by molar-refractivity contribution is 5.82. The van der Waals surface area contributed by atoms with Crippen molar-refractivity contribution in [3.05, 3.63) is 48.3 Å². The molecule has 1 fully saturated rings. The third kappa shape index (κ3) is 4.71. The van der Waals surface area contributed by atoms with E-state index in [1.165, 1.54) is 12.7 Å². The average molecular weight is 383 g/mol. The molecule has 3 rings (SSSR count). The smallest absolute Gasteiger partial charge is 0.310 e. The van der Waals surface area contributed by atoms with Gasteiger partial charge in [-0.15, -0.1) is 0 Å². The topological polar surface area (TPSA) is 71.8 Å². The van der Waals surface area contributed by atoms with E-state index >= 15 is 0 Å². The standard InChI is InChI=1S/C21H29N5O2/c1-4-22-21(25-14-16(2)19(15-25)20(27)28-3)23-12-10-17-6-8-18(9-7-17)26-13-5-11-24-26/h5-9,11,13,16,19H,4,10,12,14-15H2,1-3H3,(H,22,23). The van der Waals surface area contributed by atoms with Gasteiger partial charge < -0.3 is 15.0 Å². The lowest BCUT2D eigenvalue weighted by atomic mass is 9.99. The molecule has 1 aromatic carbocycles. The van der Waals surface area contributed by atoms with E-state index in [0.717, 1.165) is 31.2 Å². The predicted octanol–water partition coefficient (Wildman–Crippen LogP) is 2.12. The predicted molar refractivity (Wildman–Crippen MR) is 109 cm³/mol. The van der Waals surface area contributed by atoms with Crippen LogP contribution in [0.4, 0.5) is 0 Å². The van der Waals surface area contributed by atoms with E-state index in [9.17, 15) is 4.79 Å². The van der Waals surface area contributed by atoms with Crippen LogP contribution in [-0.4, -0.2) is 59.9 Å². The Kier molecular flexibility index (Phi) is 6.68. The minimum Gasteiger partial charge on any atom is -0.469 e. The molecule has 2 aromatic rings. The van der Waals surface area contributed by atoms with Crippen molar-refractivity contribution in [2.24, 2.45) is 16.8 Å². The van der Waals surface area contributed by atoms with Crippen molar-refractivity contribution in [1.82, 2.24) is 20.0 Å². The summed E-state index contributed by atoms with van der Waals surface area (Å²) in [5.41, 5.74) is 2.28. The Morgan fingerprint density at radius 2 is 2.11 bits per heavy atom. The number of carbonyl (C=O) groups is 1. The SMILES string of the molecule is CCNC(=NCCc1ccc(-n2cccn2)cc1)N1CC(C)C(C(=O)OC)C1. The third-order valence-electron chi connectivity index (χ3n) is 5.12. The summed E-state index contributed by atoms with van der Waals surface area (Å²) < 4.78 is 6.78. The highest BCUT2D eigenvalue weighted by atomic mass is 16.5. The summed E-state index contributed by atoms with van der Waals surface area (Å²) in [5, 5.41) is 7.59. The number of hydrogen-bond acceptors (Lipinski definition) is 4. The highest BCUT2D eigenvalue weighted by Gasteiger charge is 2.36. The summed E-state index contributed by atoms with van der Waals surface area (Å²) in [6.45, 7) is 7.10. The zero-order valence-electron chi connectivity index (χ0n) is 16.8. The van der Waals surface area contributed by atoms with Crippen molar-refractivity contribution in [3.8, 4) is 5.69 Å². The van der Waals surface area contributed by atoms with Crippen molar-refractivity contribution in [1.29, 1.82) is 0 Å². The fraction of sp³-hybridized carbons (Fsp3) is 0.476. The molecule has 1 saturated heterocycles. The molecule has 150 valence electrons. The molecule has 0 radical (unpaired) electrons. The number of nitrogens with zero attached hydrogens (tertiary/aromatic N) is 4. The van der Waals surface area contributed by atoms with Gasteiger partial charge in [-0.05, 0) is 43.0 Å². The molecule has 0 spiro atoms. The number of esters is 1. The largest absolute Gasteiger partial charge is 0.469 e. The van der Waals surface area contributed by atoms with Crippen LogP contribution in [0.15, 0.2) is 47.7 Å². The van der Waals surface area contributed by atoms with Crippen LogP contribution in [0.3, 0.4) is 0 Å². The molecule has 7 heteroatoms. The molecule has 0 aliphatic carbocycles. The summed E-state index contributed by atoms with van der Waals surface area (Å²) in [4.78, 5) is 18.9. The molecule has 1 N–H and O–H groups in total. The molecular formula is C21H29N5O2. The molecule has 0 saturated carbocycles. The monoisotopic (exact) mass is 383 g/mol. The second-order valence-corrected chi connectivity index (χ2v) is 7.11. The summed E-state index contributed by atoms with van der Waals surface area (Å²) >= 11 is 0. The van der Waals surface area contributed by atoms with Gasteiger partial charge in [-0.1, -0.05) is 19.1 Å². The lowest BCUT2D eigenvalue weighted by Crippen LogP contribution is -2.40. The van der Waals surface area contributed by atoms with Gasteiger partial charge in [0.2, 0.25) is 0 Å². The van der Waals surface area contributed by atoms with E-state index < -0.39 is 0 Å². The van der Waals surface area contributed by atoms with Crippen LogP contribution >= 0.6 is 0 Å². The van der Waals surface area contributed by atoms with Crippen molar-refractivity contribution >= 4 is 11.9 Å². The number of likely N-dealkylation sites (tertiary alicyclic amines) is 1. The van der Waals surface area contributed by atoms with Gasteiger partial charge in [0.1, 0.15) is 0 Å². The molecule has 1 aliphatic heterocycles. The number of hydrogen-bond donors (Lipinski definition) is 1. The first kappa shape index (κ1) is 19.9. The number of benzene rings is 1. The van der Waals surface area contributed by atoms with E-state index in [2.05, 4.69) is 53.4 Å². The fourth-order valence-corrected chi connectivity index (χ4v) is 3.55. The Bertz CT molecular complexity index is 786. The number of carbonyl (C=O) groups excluding carboxylic acids is 1. The maximum Gasteiger partial charge on any atom is 0.310 e. The van der Waals surface area contributed by atoms with Crippen LogP contribution in [0.1, 0.15) is 19.4 Å². The van der Waals surface area contributed by atoms with Crippen molar-refractivity contribution in [2.75, 3.05) is 33.3 Å². The normalized spacial score (nSPS) is 19.7. The van der Waals surface area contributed by atoms with Gasteiger partial charge in [0.25, 0.3) is 0 Å².